The van der Waals surface area contributed by atoms with Gasteiger partial charge in [0.15, 0.2) is 0 Å². The lowest BCUT2D eigenvalue weighted by molar-refractivity contribution is 0.0628. The smallest absolute Gasteiger partial charge is 0.256 e. The number of nitrogens with one attached hydrogen (secondary N) is 1. The van der Waals surface area contributed by atoms with Crippen LogP contribution >= 0.6 is 11.6 Å². The van der Waals surface area contributed by atoms with E-state index in [1.165, 1.54) is 0 Å². The normalized spacial score (nSPS) is 23.3. The van der Waals surface area contributed by atoms with E-state index in [-0.39, 0.29) is 5.91 Å². The number of carbonyl (C=O) groups excluding carboxylic acids is 1. The van der Waals surface area contributed by atoms with Gasteiger partial charge in [0.1, 0.15) is 0 Å². The molecule has 1 fully saturated rings. The van der Waals surface area contributed by atoms with Gasteiger partial charge in [-0.05, 0) is 36.5 Å². The minimum atomic E-state index is -0.00537. The number of nitrogen functional groups attached to an aromatic ring is 1. The lowest BCUT2D eigenvalue weighted by Crippen LogP contribution is -2.42. The molecule has 0 aromatic heterocycles. The fraction of sp³-hybridized carbons (Fsp3) is 0.500. The number of likely N-dealkylation sites (tertiary alicyclic amines) is 1. The second-order valence-electron chi connectivity index (χ2n) is 5.33. The van der Waals surface area contributed by atoms with E-state index in [9.17, 15) is 4.79 Å². The van der Waals surface area contributed by atoms with Gasteiger partial charge in [0.05, 0.1) is 11.3 Å². The maximum absolute atomic E-state index is 12.6. The average Bonchev–Trinajstić information content (AvgIpc) is 2.41. The maximum atomic E-state index is 12.6. The second kappa shape index (κ2) is 5.80. The minimum Gasteiger partial charge on any atom is -0.338 e. The molecule has 0 saturated carbocycles. The number of hydrazine groups is 1. The van der Waals surface area contributed by atoms with Crippen molar-refractivity contribution < 1.29 is 4.79 Å². The van der Waals surface area contributed by atoms with Gasteiger partial charge in [0, 0.05) is 18.1 Å². The zero-order valence-corrected chi connectivity index (χ0v) is 12.1. The topological polar surface area (TPSA) is 58.4 Å². The van der Waals surface area contributed by atoms with Crippen molar-refractivity contribution in [3.63, 3.8) is 0 Å². The molecule has 1 amide bonds. The molecule has 0 radical (unpaired) electrons. The first-order chi connectivity index (χ1) is 9.02. The molecule has 2 atom stereocenters. The highest BCUT2D eigenvalue weighted by Crippen LogP contribution is 2.26. The van der Waals surface area contributed by atoms with E-state index in [2.05, 4.69) is 19.3 Å². The largest absolute Gasteiger partial charge is 0.338 e. The van der Waals surface area contributed by atoms with Crippen molar-refractivity contribution in [2.75, 3.05) is 18.5 Å². The van der Waals surface area contributed by atoms with Gasteiger partial charge in [-0.3, -0.25) is 10.6 Å². The van der Waals surface area contributed by atoms with Crippen LogP contribution in [0.1, 0.15) is 30.6 Å². The van der Waals surface area contributed by atoms with Gasteiger partial charge >= 0.3 is 0 Å². The molecule has 5 heteroatoms. The van der Waals surface area contributed by atoms with Crippen LogP contribution in [-0.2, 0) is 0 Å². The summed E-state index contributed by atoms with van der Waals surface area (Å²) in [7, 11) is 0. The Hall–Kier alpha value is -1.26. The van der Waals surface area contributed by atoms with Gasteiger partial charge in [0.25, 0.3) is 5.91 Å². The highest BCUT2D eigenvalue weighted by Gasteiger charge is 2.27. The molecule has 3 N–H and O–H groups in total. The van der Waals surface area contributed by atoms with Crippen LogP contribution in [0.2, 0.25) is 5.02 Å². The monoisotopic (exact) mass is 281 g/mol. The number of hydrogen-bond acceptors (Lipinski definition) is 3. The summed E-state index contributed by atoms with van der Waals surface area (Å²) < 4.78 is 0. The molecule has 1 aliphatic heterocycles. The van der Waals surface area contributed by atoms with Crippen molar-refractivity contribution in [2.24, 2.45) is 17.7 Å². The number of nitrogens with zero attached hydrogens (tertiary/aromatic N) is 1. The fourth-order valence-electron chi connectivity index (χ4n) is 2.44. The Balaban J connectivity index is 2.22. The Morgan fingerprint density at radius 2 is 2.16 bits per heavy atom. The maximum Gasteiger partial charge on any atom is 0.256 e. The van der Waals surface area contributed by atoms with Crippen molar-refractivity contribution in [1.29, 1.82) is 0 Å². The number of amides is 1. The summed E-state index contributed by atoms with van der Waals surface area (Å²) in [5.74, 6) is 6.63. The van der Waals surface area contributed by atoms with E-state index in [1.807, 2.05) is 4.90 Å². The highest BCUT2D eigenvalue weighted by molar-refractivity contribution is 6.31. The van der Waals surface area contributed by atoms with Crippen molar-refractivity contribution >= 4 is 23.2 Å². The van der Waals surface area contributed by atoms with E-state index in [4.69, 9.17) is 17.4 Å². The molecular weight excluding hydrogens is 262 g/mol. The highest BCUT2D eigenvalue weighted by atomic mass is 35.5. The first-order valence-electron chi connectivity index (χ1n) is 6.58. The van der Waals surface area contributed by atoms with E-state index in [0.29, 0.717) is 28.1 Å². The summed E-state index contributed by atoms with van der Waals surface area (Å²) in [5, 5.41) is 0.542. The molecule has 19 heavy (non-hydrogen) atoms. The van der Waals surface area contributed by atoms with Gasteiger partial charge in [-0.2, -0.15) is 0 Å². The lowest BCUT2D eigenvalue weighted by Gasteiger charge is -2.35. The summed E-state index contributed by atoms with van der Waals surface area (Å²) in [6.45, 7) is 6.00. The van der Waals surface area contributed by atoms with Crippen molar-refractivity contribution in [1.82, 2.24) is 4.90 Å². The van der Waals surface area contributed by atoms with Crippen LogP contribution in [0, 0.1) is 11.8 Å². The summed E-state index contributed by atoms with van der Waals surface area (Å²) in [6.07, 6.45) is 1.04. The lowest BCUT2D eigenvalue weighted by atomic mass is 9.88. The number of carbonyl (C=O) groups is 1. The quantitative estimate of drug-likeness (QED) is 0.647. The molecule has 0 spiro atoms. The van der Waals surface area contributed by atoms with Crippen molar-refractivity contribution in [3.8, 4) is 0 Å². The molecule has 1 heterocycles. The molecule has 0 bridgehead atoms. The third-order valence-corrected chi connectivity index (χ3v) is 4.22. The third kappa shape index (κ3) is 3.01. The molecule has 1 aromatic carbocycles. The van der Waals surface area contributed by atoms with Gasteiger partial charge in [-0.15, -0.1) is 0 Å². The van der Waals surface area contributed by atoms with Crippen molar-refractivity contribution in [2.45, 2.75) is 20.3 Å². The van der Waals surface area contributed by atoms with Crippen LogP contribution < -0.4 is 11.3 Å². The van der Waals surface area contributed by atoms with Crippen LogP contribution in [0.5, 0.6) is 0 Å². The minimum absolute atomic E-state index is 0.00537. The fourth-order valence-corrected chi connectivity index (χ4v) is 2.61. The first-order valence-corrected chi connectivity index (χ1v) is 6.96. The Morgan fingerprint density at radius 1 is 1.42 bits per heavy atom. The standard InChI is InChI=1S/C14H20ClN3O/c1-9-5-6-18(8-10(9)2)14(19)12-7-11(15)3-4-13(12)17-16/h3-4,7,9-10,17H,5-6,8,16H2,1-2H3. The number of anilines is 1. The molecule has 1 aromatic rings. The summed E-state index contributed by atoms with van der Waals surface area (Å²) in [6, 6.07) is 5.11. The zero-order chi connectivity index (χ0) is 14.0. The number of rotatable bonds is 2. The number of piperidine rings is 1. The number of nitrogens with two attached hydrogens (primary N) is 1. The van der Waals surface area contributed by atoms with Crippen LogP contribution in [0.4, 0.5) is 5.69 Å². The molecule has 104 valence electrons. The van der Waals surface area contributed by atoms with E-state index in [1.54, 1.807) is 18.2 Å². The summed E-state index contributed by atoms with van der Waals surface area (Å²) >= 11 is 5.97. The Morgan fingerprint density at radius 3 is 2.79 bits per heavy atom. The van der Waals surface area contributed by atoms with E-state index < -0.39 is 0 Å². The zero-order valence-electron chi connectivity index (χ0n) is 11.3. The average molecular weight is 282 g/mol. The first kappa shape index (κ1) is 14.2. The summed E-state index contributed by atoms with van der Waals surface area (Å²) in [5.41, 5.74) is 3.71. The van der Waals surface area contributed by atoms with E-state index >= 15 is 0 Å². The van der Waals surface area contributed by atoms with Gasteiger partial charge < -0.3 is 10.3 Å². The molecule has 1 saturated heterocycles. The Kier molecular flexibility index (Phi) is 4.32. The predicted octanol–water partition coefficient (Wildman–Crippen LogP) is 2.74. The van der Waals surface area contributed by atoms with E-state index in [0.717, 1.165) is 19.5 Å². The van der Waals surface area contributed by atoms with Crippen LogP contribution in [0.3, 0.4) is 0 Å². The number of benzene rings is 1. The second-order valence-corrected chi connectivity index (χ2v) is 5.77. The van der Waals surface area contributed by atoms with Gasteiger partial charge in [0.2, 0.25) is 0 Å². The number of hydrogen-bond donors (Lipinski definition) is 2. The Labute approximate surface area is 118 Å². The number of halogens is 1. The van der Waals surface area contributed by atoms with Gasteiger partial charge in [-0.25, -0.2) is 0 Å². The molecular formula is C14H20ClN3O. The predicted molar refractivity (Wildman–Crippen MR) is 78.1 cm³/mol. The van der Waals surface area contributed by atoms with Crippen LogP contribution in [0.15, 0.2) is 18.2 Å². The van der Waals surface area contributed by atoms with Crippen LogP contribution in [-0.4, -0.2) is 23.9 Å². The molecule has 0 aliphatic carbocycles. The summed E-state index contributed by atoms with van der Waals surface area (Å²) in [4.78, 5) is 14.4. The Bertz CT molecular complexity index is 478. The molecule has 4 nitrogen and oxygen atoms in total. The molecule has 2 unspecified atom stereocenters. The molecule has 1 aliphatic rings. The third-order valence-electron chi connectivity index (χ3n) is 3.99. The van der Waals surface area contributed by atoms with Gasteiger partial charge in [-0.1, -0.05) is 25.4 Å². The molecule has 2 rings (SSSR count). The van der Waals surface area contributed by atoms with Crippen LogP contribution in [0.25, 0.3) is 0 Å². The SMILES string of the molecule is CC1CCN(C(=O)c2cc(Cl)ccc2NN)CC1C. The van der Waals surface area contributed by atoms with Crippen molar-refractivity contribution in [3.05, 3.63) is 28.8 Å².